The summed E-state index contributed by atoms with van der Waals surface area (Å²) in [6, 6.07) is 0. The number of nitrogens with one attached hydrogen (secondary N) is 1. The molecule has 0 saturated carbocycles. The topological polar surface area (TPSA) is 98.7 Å². The van der Waals surface area contributed by atoms with Crippen LogP contribution in [0.3, 0.4) is 0 Å². The molecule has 0 bridgehead atoms. The number of nitrogens with zero attached hydrogens (tertiary/aromatic N) is 4. The Morgan fingerprint density at radius 3 is 2.94 bits per heavy atom. The fraction of sp³-hybridized carbons (Fsp3) is 0.333. The standard InChI is InChI=1S/C9H12N6OS/c1-3-5-7(10)8(15(2)13-5)9(16)12-6-4-11-14-17-6/h4H,3,10H2,1-2H3,(H,12,16). The molecule has 17 heavy (non-hydrogen) atoms. The minimum atomic E-state index is -0.303. The molecule has 0 aliphatic carbocycles. The van der Waals surface area contributed by atoms with Gasteiger partial charge in [0, 0.05) is 18.6 Å². The molecule has 2 aromatic rings. The molecule has 90 valence electrons. The van der Waals surface area contributed by atoms with E-state index in [4.69, 9.17) is 5.73 Å². The number of nitrogens with two attached hydrogens (primary N) is 1. The SMILES string of the molecule is CCc1nn(C)c(C(=O)Nc2cnns2)c1N. The highest BCUT2D eigenvalue weighted by molar-refractivity contribution is 7.10. The zero-order chi connectivity index (χ0) is 12.4. The molecule has 0 saturated heterocycles. The van der Waals surface area contributed by atoms with Crippen LogP contribution in [0.2, 0.25) is 0 Å². The Hall–Kier alpha value is -1.96. The Morgan fingerprint density at radius 1 is 1.65 bits per heavy atom. The summed E-state index contributed by atoms with van der Waals surface area (Å²) >= 11 is 1.11. The van der Waals surface area contributed by atoms with E-state index < -0.39 is 0 Å². The normalized spacial score (nSPS) is 10.5. The van der Waals surface area contributed by atoms with Gasteiger partial charge in [-0.05, 0) is 6.42 Å². The summed E-state index contributed by atoms with van der Waals surface area (Å²) in [4.78, 5) is 12.0. The Labute approximate surface area is 102 Å². The second-order valence-corrected chi connectivity index (χ2v) is 4.21. The lowest BCUT2D eigenvalue weighted by atomic mass is 10.2. The zero-order valence-corrected chi connectivity index (χ0v) is 10.3. The molecule has 0 fully saturated rings. The van der Waals surface area contributed by atoms with Crippen molar-refractivity contribution in [3.8, 4) is 0 Å². The van der Waals surface area contributed by atoms with Crippen molar-refractivity contribution in [3.63, 3.8) is 0 Å². The summed E-state index contributed by atoms with van der Waals surface area (Å²) in [5, 5.41) is 11.1. The maximum absolute atomic E-state index is 12.0. The third kappa shape index (κ3) is 2.11. The third-order valence-corrected chi connectivity index (χ3v) is 2.89. The summed E-state index contributed by atoms with van der Waals surface area (Å²) in [5.74, 6) is -0.303. The fourth-order valence-electron chi connectivity index (χ4n) is 1.52. The summed E-state index contributed by atoms with van der Waals surface area (Å²) in [7, 11) is 1.69. The van der Waals surface area contributed by atoms with Gasteiger partial charge in [0.05, 0.1) is 17.6 Å². The van der Waals surface area contributed by atoms with Crippen LogP contribution in [0.1, 0.15) is 23.1 Å². The molecule has 0 spiro atoms. The van der Waals surface area contributed by atoms with Crippen LogP contribution in [-0.2, 0) is 13.5 Å². The number of hydrogen-bond donors (Lipinski definition) is 2. The molecule has 0 aliphatic heterocycles. The lowest BCUT2D eigenvalue weighted by molar-refractivity contribution is 0.101. The van der Waals surface area contributed by atoms with Crippen molar-refractivity contribution in [2.24, 2.45) is 7.05 Å². The maximum atomic E-state index is 12.0. The summed E-state index contributed by atoms with van der Waals surface area (Å²) < 4.78 is 5.14. The van der Waals surface area contributed by atoms with Gasteiger partial charge in [0.1, 0.15) is 10.7 Å². The first kappa shape index (κ1) is 11.5. The number of anilines is 2. The van der Waals surface area contributed by atoms with Gasteiger partial charge in [0.15, 0.2) is 0 Å². The van der Waals surface area contributed by atoms with Gasteiger partial charge in [-0.1, -0.05) is 11.4 Å². The number of amides is 1. The van der Waals surface area contributed by atoms with Gasteiger partial charge in [0.25, 0.3) is 5.91 Å². The van der Waals surface area contributed by atoms with Crippen LogP contribution in [0.4, 0.5) is 10.7 Å². The van der Waals surface area contributed by atoms with Crippen LogP contribution in [-0.4, -0.2) is 25.3 Å². The summed E-state index contributed by atoms with van der Waals surface area (Å²) in [5.41, 5.74) is 7.37. The zero-order valence-electron chi connectivity index (χ0n) is 9.47. The van der Waals surface area contributed by atoms with E-state index >= 15 is 0 Å². The monoisotopic (exact) mass is 252 g/mol. The van der Waals surface area contributed by atoms with Crippen LogP contribution < -0.4 is 11.1 Å². The molecule has 0 unspecified atom stereocenters. The van der Waals surface area contributed by atoms with Gasteiger partial charge in [-0.25, -0.2) is 0 Å². The van der Waals surface area contributed by atoms with Gasteiger partial charge in [-0.2, -0.15) is 5.10 Å². The average Bonchev–Trinajstić information content (AvgIpc) is 2.87. The van der Waals surface area contributed by atoms with E-state index in [1.54, 1.807) is 7.05 Å². The van der Waals surface area contributed by atoms with Gasteiger partial charge in [-0.3, -0.25) is 9.48 Å². The molecule has 2 heterocycles. The lowest BCUT2D eigenvalue weighted by Gasteiger charge is -2.02. The van der Waals surface area contributed by atoms with Gasteiger partial charge in [0.2, 0.25) is 0 Å². The second-order valence-electron chi connectivity index (χ2n) is 3.42. The predicted molar refractivity (Wildman–Crippen MR) is 64.9 cm³/mol. The first-order chi connectivity index (χ1) is 8.13. The maximum Gasteiger partial charge on any atom is 0.276 e. The molecule has 3 N–H and O–H groups in total. The Morgan fingerprint density at radius 2 is 2.41 bits per heavy atom. The van der Waals surface area contributed by atoms with Crippen molar-refractivity contribution >= 4 is 28.1 Å². The van der Waals surface area contributed by atoms with Gasteiger partial charge < -0.3 is 11.1 Å². The van der Waals surface area contributed by atoms with E-state index in [1.807, 2.05) is 6.92 Å². The number of hydrogen-bond acceptors (Lipinski definition) is 6. The average molecular weight is 252 g/mol. The van der Waals surface area contributed by atoms with Crippen molar-refractivity contribution in [2.45, 2.75) is 13.3 Å². The van der Waals surface area contributed by atoms with Gasteiger partial charge in [-0.15, -0.1) is 5.10 Å². The highest BCUT2D eigenvalue weighted by Crippen LogP contribution is 2.19. The molecule has 7 nitrogen and oxygen atoms in total. The molecule has 2 rings (SSSR count). The van der Waals surface area contributed by atoms with E-state index in [9.17, 15) is 4.79 Å². The van der Waals surface area contributed by atoms with Crippen molar-refractivity contribution < 1.29 is 4.79 Å². The quantitative estimate of drug-likeness (QED) is 0.836. The van der Waals surface area contributed by atoms with Gasteiger partial charge >= 0.3 is 0 Å². The Kier molecular flexibility index (Phi) is 3.05. The second kappa shape index (κ2) is 4.50. The van der Waals surface area contributed by atoms with Crippen molar-refractivity contribution in [3.05, 3.63) is 17.6 Å². The highest BCUT2D eigenvalue weighted by atomic mass is 32.1. The van der Waals surface area contributed by atoms with Crippen LogP contribution >= 0.6 is 11.5 Å². The largest absolute Gasteiger partial charge is 0.395 e. The fourth-order valence-corrected chi connectivity index (χ4v) is 1.93. The Balaban J connectivity index is 2.28. The summed E-state index contributed by atoms with van der Waals surface area (Å²) in [6.45, 7) is 1.94. The molecular formula is C9H12N6OS. The number of carbonyl (C=O) groups excluding carboxylic acids is 1. The number of aryl methyl sites for hydroxylation is 2. The van der Waals surface area contributed by atoms with E-state index in [0.29, 0.717) is 22.8 Å². The molecule has 0 aliphatic rings. The molecule has 8 heteroatoms. The molecular weight excluding hydrogens is 240 g/mol. The van der Waals surface area contributed by atoms with E-state index in [1.165, 1.54) is 10.9 Å². The number of nitrogen functional groups attached to an aromatic ring is 1. The van der Waals surface area contributed by atoms with Crippen LogP contribution in [0.15, 0.2) is 6.20 Å². The first-order valence-corrected chi connectivity index (χ1v) is 5.80. The smallest absolute Gasteiger partial charge is 0.276 e. The third-order valence-electron chi connectivity index (χ3n) is 2.31. The highest BCUT2D eigenvalue weighted by Gasteiger charge is 2.19. The molecule has 0 aromatic carbocycles. The number of aromatic nitrogens is 4. The van der Waals surface area contributed by atoms with E-state index in [-0.39, 0.29) is 5.91 Å². The van der Waals surface area contributed by atoms with Crippen molar-refractivity contribution in [1.29, 1.82) is 0 Å². The summed E-state index contributed by atoms with van der Waals surface area (Å²) in [6.07, 6.45) is 2.17. The molecule has 0 atom stereocenters. The predicted octanol–water partition coefficient (Wildman–Crippen LogP) is 0.669. The lowest BCUT2D eigenvalue weighted by Crippen LogP contribution is -2.17. The molecule has 2 aromatic heterocycles. The van der Waals surface area contributed by atoms with E-state index in [2.05, 4.69) is 20.0 Å². The van der Waals surface area contributed by atoms with Crippen LogP contribution in [0.25, 0.3) is 0 Å². The number of rotatable bonds is 3. The Bertz CT molecular complexity index is 532. The van der Waals surface area contributed by atoms with Crippen LogP contribution in [0, 0.1) is 0 Å². The minimum Gasteiger partial charge on any atom is -0.395 e. The first-order valence-electron chi connectivity index (χ1n) is 5.03. The molecule has 0 radical (unpaired) electrons. The minimum absolute atomic E-state index is 0.303. The van der Waals surface area contributed by atoms with Crippen LogP contribution in [0.5, 0.6) is 0 Å². The van der Waals surface area contributed by atoms with E-state index in [0.717, 1.165) is 17.2 Å². The van der Waals surface area contributed by atoms with Crippen molar-refractivity contribution in [1.82, 2.24) is 19.4 Å². The van der Waals surface area contributed by atoms with Crippen molar-refractivity contribution in [2.75, 3.05) is 11.1 Å². The molecule has 1 amide bonds. The number of carbonyl (C=O) groups is 1.